The highest BCUT2D eigenvalue weighted by atomic mass is 35.5. The summed E-state index contributed by atoms with van der Waals surface area (Å²) in [7, 11) is 1.85. The largest absolute Gasteiger partial charge is 0.371 e. The lowest BCUT2D eigenvalue weighted by Crippen LogP contribution is -1.98. The van der Waals surface area contributed by atoms with Crippen LogP contribution in [0, 0.1) is 0 Å². The highest BCUT2D eigenvalue weighted by Crippen LogP contribution is 2.29. The Kier molecular flexibility index (Phi) is 3.05. The molecule has 0 aliphatic heterocycles. The summed E-state index contributed by atoms with van der Waals surface area (Å²) in [5.41, 5.74) is 1.88. The summed E-state index contributed by atoms with van der Waals surface area (Å²) in [6, 6.07) is 15.7. The number of aromatic nitrogens is 2. The van der Waals surface area contributed by atoms with Crippen molar-refractivity contribution in [3.63, 3.8) is 0 Å². The lowest BCUT2D eigenvalue weighted by Gasteiger charge is -2.08. The van der Waals surface area contributed by atoms with Gasteiger partial charge in [0, 0.05) is 28.4 Å². The van der Waals surface area contributed by atoms with Crippen molar-refractivity contribution < 1.29 is 0 Å². The fourth-order valence-electron chi connectivity index (χ4n) is 2.11. The Balaban J connectivity index is 2.27. The summed E-state index contributed by atoms with van der Waals surface area (Å²) < 4.78 is 0. The van der Waals surface area contributed by atoms with Gasteiger partial charge in [-0.1, -0.05) is 48.0 Å². The van der Waals surface area contributed by atoms with Gasteiger partial charge in [-0.15, -0.1) is 10.2 Å². The van der Waals surface area contributed by atoms with Crippen molar-refractivity contribution in [1.82, 2.24) is 10.2 Å². The Morgan fingerprint density at radius 3 is 2.26 bits per heavy atom. The first kappa shape index (κ1) is 11.9. The smallest absolute Gasteiger partial charge is 0.156 e. The normalized spacial score (nSPS) is 10.6. The summed E-state index contributed by atoms with van der Waals surface area (Å²) in [6.45, 7) is 0. The zero-order valence-corrected chi connectivity index (χ0v) is 11.1. The number of benzene rings is 2. The van der Waals surface area contributed by atoms with E-state index < -0.39 is 0 Å². The van der Waals surface area contributed by atoms with Crippen LogP contribution in [0.5, 0.6) is 0 Å². The molecule has 1 aromatic heterocycles. The van der Waals surface area contributed by atoms with E-state index in [-0.39, 0.29) is 0 Å². The maximum Gasteiger partial charge on any atom is 0.156 e. The van der Waals surface area contributed by atoms with Gasteiger partial charge in [-0.3, -0.25) is 0 Å². The molecule has 0 amide bonds. The molecule has 0 bridgehead atoms. The molecule has 0 aliphatic carbocycles. The van der Waals surface area contributed by atoms with E-state index in [1.807, 2.05) is 49.5 Å². The van der Waals surface area contributed by atoms with Crippen molar-refractivity contribution in [1.29, 1.82) is 0 Å². The zero-order chi connectivity index (χ0) is 13.2. The van der Waals surface area contributed by atoms with E-state index in [0.29, 0.717) is 5.02 Å². The number of fused-ring (bicyclic) bond motifs is 1. The molecule has 3 rings (SSSR count). The van der Waals surface area contributed by atoms with Gasteiger partial charge in [0.1, 0.15) is 5.69 Å². The lowest BCUT2D eigenvalue weighted by molar-refractivity contribution is 1.06. The molecule has 4 heteroatoms. The summed E-state index contributed by atoms with van der Waals surface area (Å²) in [4.78, 5) is 0. The first-order valence-electron chi connectivity index (χ1n) is 5.98. The van der Waals surface area contributed by atoms with Crippen LogP contribution in [0.25, 0.3) is 22.0 Å². The molecule has 0 spiro atoms. The average Bonchev–Trinajstić information content (AvgIpc) is 2.47. The van der Waals surface area contributed by atoms with Crippen LogP contribution in [0.2, 0.25) is 5.02 Å². The van der Waals surface area contributed by atoms with Crippen LogP contribution < -0.4 is 5.32 Å². The van der Waals surface area contributed by atoms with Crippen LogP contribution in [0.4, 0.5) is 5.82 Å². The average molecular weight is 270 g/mol. The Morgan fingerprint density at radius 2 is 1.58 bits per heavy atom. The topological polar surface area (TPSA) is 37.8 Å². The van der Waals surface area contributed by atoms with Crippen molar-refractivity contribution in [2.45, 2.75) is 0 Å². The van der Waals surface area contributed by atoms with Gasteiger partial charge in [0.25, 0.3) is 0 Å². The van der Waals surface area contributed by atoms with Gasteiger partial charge >= 0.3 is 0 Å². The molecule has 3 nitrogen and oxygen atoms in total. The van der Waals surface area contributed by atoms with Gasteiger partial charge < -0.3 is 5.32 Å². The second kappa shape index (κ2) is 4.86. The third kappa shape index (κ3) is 2.13. The third-order valence-corrected chi connectivity index (χ3v) is 3.29. The van der Waals surface area contributed by atoms with Crippen molar-refractivity contribution in [2.24, 2.45) is 0 Å². The molecular formula is C15H12ClN3. The summed E-state index contributed by atoms with van der Waals surface area (Å²) in [5.74, 6) is 0.785. The van der Waals surface area contributed by atoms with Gasteiger partial charge in [0.2, 0.25) is 0 Å². The Hall–Kier alpha value is -2.13. The lowest BCUT2D eigenvalue weighted by atomic mass is 10.0. The number of rotatable bonds is 2. The number of nitrogens with one attached hydrogen (secondary N) is 1. The fourth-order valence-corrected chi connectivity index (χ4v) is 2.24. The number of hydrogen-bond acceptors (Lipinski definition) is 3. The standard InChI is InChI=1S/C15H12ClN3/c1-17-15-13-5-3-2-4-12(13)14(18-19-15)10-6-8-11(16)9-7-10/h2-9H,1H3,(H,17,19). The van der Waals surface area contributed by atoms with Crippen molar-refractivity contribution in [3.05, 3.63) is 53.6 Å². The van der Waals surface area contributed by atoms with E-state index in [1.54, 1.807) is 0 Å². The minimum atomic E-state index is 0.716. The second-order valence-electron chi connectivity index (χ2n) is 4.20. The third-order valence-electron chi connectivity index (χ3n) is 3.04. The maximum atomic E-state index is 5.92. The molecule has 2 aromatic carbocycles. The van der Waals surface area contributed by atoms with Gasteiger partial charge in [-0.05, 0) is 12.1 Å². The van der Waals surface area contributed by atoms with Crippen molar-refractivity contribution in [3.8, 4) is 11.3 Å². The van der Waals surface area contributed by atoms with Crippen LogP contribution in [0.3, 0.4) is 0 Å². The van der Waals surface area contributed by atoms with Crippen LogP contribution in [-0.4, -0.2) is 17.2 Å². The minimum absolute atomic E-state index is 0.716. The monoisotopic (exact) mass is 269 g/mol. The predicted molar refractivity (Wildman–Crippen MR) is 79.5 cm³/mol. The number of anilines is 1. The highest BCUT2D eigenvalue weighted by molar-refractivity contribution is 6.30. The minimum Gasteiger partial charge on any atom is -0.371 e. The zero-order valence-electron chi connectivity index (χ0n) is 10.4. The number of halogens is 1. The van der Waals surface area contributed by atoms with Crippen molar-refractivity contribution in [2.75, 3.05) is 12.4 Å². The fraction of sp³-hybridized carbons (Fsp3) is 0.0667. The van der Waals surface area contributed by atoms with E-state index >= 15 is 0 Å². The van der Waals surface area contributed by atoms with E-state index in [1.165, 1.54) is 0 Å². The predicted octanol–water partition coefficient (Wildman–Crippen LogP) is 3.99. The second-order valence-corrected chi connectivity index (χ2v) is 4.64. The molecule has 0 unspecified atom stereocenters. The first-order chi connectivity index (χ1) is 9.29. The molecule has 0 aliphatic rings. The molecule has 0 fully saturated rings. The Morgan fingerprint density at radius 1 is 0.895 bits per heavy atom. The van der Waals surface area contributed by atoms with E-state index in [2.05, 4.69) is 21.6 Å². The highest BCUT2D eigenvalue weighted by Gasteiger charge is 2.09. The molecule has 1 N–H and O–H groups in total. The SMILES string of the molecule is CNc1nnc(-c2ccc(Cl)cc2)c2ccccc12. The molecule has 0 atom stereocenters. The summed E-state index contributed by atoms with van der Waals surface area (Å²) in [5, 5.41) is 14.5. The molecule has 94 valence electrons. The maximum absolute atomic E-state index is 5.92. The van der Waals surface area contributed by atoms with Crippen LogP contribution in [-0.2, 0) is 0 Å². The number of nitrogens with zero attached hydrogens (tertiary/aromatic N) is 2. The van der Waals surface area contributed by atoms with Crippen molar-refractivity contribution >= 4 is 28.2 Å². The molecule has 0 saturated carbocycles. The molecule has 0 saturated heterocycles. The first-order valence-corrected chi connectivity index (χ1v) is 6.36. The van der Waals surface area contributed by atoms with E-state index in [4.69, 9.17) is 11.6 Å². The van der Waals surface area contributed by atoms with Gasteiger partial charge in [0.15, 0.2) is 5.82 Å². The quantitative estimate of drug-likeness (QED) is 0.764. The Labute approximate surface area is 116 Å². The van der Waals surface area contributed by atoms with Gasteiger partial charge in [-0.2, -0.15) is 0 Å². The van der Waals surface area contributed by atoms with E-state index in [0.717, 1.165) is 27.8 Å². The molecule has 1 heterocycles. The summed E-state index contributed by atoms with van der Waals surface area (Å²) in [6.07, 6.45) is 0. The molecule has 19 heavy (non-hydrogen) atoms. The number of hydrogen-bond donors (Lipinski definition) is 1. The van der Waals surface area contributed by atoms with E-state index in [9.17, 15) is 0 Å². The van der Waals surface area contributed by atoms with Gasteiger partial charge in [0.05, 0.1) is 0 Å². The van der Waals surface area contributed by atoms with Gasteiger partial charge in [-0.25, -0.2) is 0 Å². The molecule has 0 radical (unpaired) electrons. The summed E-state index contributed by atoms with van der Waals surface area (Å²) >= 11 is 5.92. The van der Waals surface area contributed by atoms with Crippen LogP contribution in [0.15, 0.2) is 48.5 Å². The molecular weight excluding hydrogens is 258 g/mol. The molecule has 3 aromatic rings. The van der Waals surface area contributed by atoms with Crippen LogP contribution >= 0.6 is 11.6 Å². The van der Waals surface area contributed by atoms with Crippen LogP contribution in [0.1, 0.15) is 0 Å². The Bertz CT molecular complexity index is 723.